The van der Waals surface area contributed by atoms with Crippen LogP contribution >= 0.6 is 0 Å². The molecule has 1 aromatic rings. The predicted molar refractivity (Wildman–Crippen MR) is 87.3 cm³/mol. The number of carbonyl (C=O) groups excluding carboxylic acids is 1. The van der Waals surface area contributed by atoms with Crippen LogP contribution in [0.5, 0.6) is 0 Å². The molecule has 1 saturated heterocycles. The van der Waals surface area contributed by atoms with Gasteiger partial charge in [-0.25, -0.2) is 4.79 Å². The van der Waals surface area contributed by atoms with Gasteiger partial charge >= 0.3 is 6.03 Å². The van der Waals surface area contributed by atoms with E-state index in [2.05, 4.69) is 20.8 Å². The van der Waals surface area contributed by atoms with Crippen molar-refractivity contribution in [1.82, 2.24) is 4.90 Å². The smallest absolute Gasteiger partial charge is 0.324 e. The molecule has 1 aliphatic rings. The molecule has 1 aliphatic heterocycles. The number of benzene rings is 1. The first-order chi connectivity index (χ1) is 10.0. The van der Waals surface area contributed by atoms with Gasteiger partial charge in [-0.15, -0.1) is 0 Å². The summed E-state index contributed by atoms with van der Waals surface area (Å²) in [7, 11) is 0. The topological polar surface area (TPSA) is 49.6 Å². The van der Waals surface area contributed by atoms with Gasteiger partial charge in [0.15, 0.2) is 0 Å². The third-order valence-electron chi connectivity index (χ3n) is 4.10. The van der Waals surface area contributed by atoms with Crippen LogP contribution in [-0.2, 0) is 6.54 Å². The van der Waals surface area contributed by atoms with Crippen molar-refractivity contribution in [3.05, 3.63) is 29.8 Å². The lowest BCUT2D eigenvalue weighted by atomic mass is 10.0. The monoisotopic (exact) mass is 289 g/mol. The highest BCUT2D eigenvalue weighted by Gasteiger charge is 2.27. The van der Waals surface area contributed by atoms with Crippen LogP contribution in [0, 0.1) is 5.92 Å². The molecule has 4 nitrogen and oxygen atoms in total. The maximum absolute atomic E-state index is 12.9. The standard InChI is InChI=1S/C17H27N3O/c1-13(2)20(16-8-6-15(11-18)7-9-16)17(21)19-10-4-5-14(3)12-19/h6-9,13-14H,4-5,10-12,18H2,1-3H3. The van der Waals surface area contributed by atoms with E-state index < -0.39 is 0 Å². The minimum atomic E-state index is 0.122. The van der Waals surface area contributed by atoms with Gasteiger partial charge in [-0.3, -0.25) is 4.90 Å². The fourth-order valence-corrected chi connectivity index (χ4v) is 2.94. The number of anilines is 1. The highest BCUT2D eigenvalue weighted by molar-refractivity contribution is 5.92. The Hall–Kier alpha value is -1.55. The molecule has 116 valence electrons. The Morgan fingerprint density at radius 2 is 2.05 bits per heavy atom. The quantitative estimate of drug-likeness (QED) is 0.929. The van der Waals surface area contributed by atoms with Crippen LogP contribution in [0.1, 0.15) is 39.2 Å². The van der Waals surface area contributed by atoms with Crippen LogP contribution in [0.3, 0.4) is 0 Å². The van der Waals surface area contributed by atoms with Gasteiger partial charge in [0, 0.05) is 31.4 Å². The molecule has 0 aromatic heterocycles. The first kappa shape index (κ1) is 15.8. The average Bonchev–Trinajstić information content (AvgIpc) is 2.47. The van der Waals surface area contributed by atoms with Crippen LogP contribution < -0.4 is 10.6 Å². The van der Waals surface area contributed by atoms with Crippen molar-refractivity contribution in [2.24, 2.45) is 11.7 Å². The van der Waals surface area contributed by atoms with Gasteiger partial charge in [0.05, 0.1) is 0 Å². The first-order valence-corrected chi connectivity index (χ1v) is 7.90. The molecule has 21 heavy (non-hydrogen) atoms. The summed E-state index contributed by atoms with van der Waals surface area (Å²) < 4.78 is 0. The molecule has 0 aliphatic carbocycles. The number of urea groups is 1. The molecular formula is C17H27N3O. The highest BCUT2D eigenvalue weighted by Crippen LogP contribution is 2.23. The molecule has 1 atom stereocenters. The molecule has 4 heteroatoms. The molecule has 1 fully saturated rings. The predicted octanol–water partition coefficient (Wildman–Crippen LogP) is 3.21. The Bertz CT molecular complexity index is 469. The van der Waals surface area contributed by atoms with Crippen molar-refractivity contribution < 1.29 is 4.79 Å². The highest BCUT2D eigenvalue weighted by atomic mass is 16.2. The maximum Gasteiger partial charge on any atom is 0.324 e. The van der Waals surface area contributed by atoms with Gasteiger partial charge in [-0.1, -0.05) is 19.1 Å². The van der Waals surface area contributed by atoms with E-state index in [4.69, 9.17) is 5.73 Å². The second kappa shape index (κ2) is 6.94. The zero-order chi connectivity index (χ0) is 15.4. The summed E-state index contributed by atoms with van der Waals surface area (Å²) in [5.41, 5.74) is 7.67. The molecule has 2 rings (SSSR count). The summed E-state index contributed by atoms with van der Waals surface area (Å²) in [6, 6.07) is 8.24. The zero-order valence-electron chi connectivity index (χ0n) is 13.4. The Labute approximate surface area is 127 Å². The largest absolute Gasteiger partial charge is 0.326 e. The van der Waals surface area contributed by atoms with Gasteiger partial charge in [-0.05, 0) is 50.3 Å². The average molecular weight is 289 g/mol. The van der Waals surface area contributed by atoms with E-state index in [1.807, 2.05) is 34.1 Å². The lowest BCUT2D eigenvalue weighted by Gasteiger charge is -2.37. The van der Waals surface area contributed by atoms with Gasteiger partial charge in [0.25, 0.3) is 0 Å². The maximum atomic E-state index is 12.9. The number of hydrogen-bond donors (Lipinski definition) is 1. The van der Waals surface area contributed by atoms with Crippen LogP contribution in [0.25, 0.3) is 0 Å². The van der Waals surface area contributed by atoms with E-state index in [1.165, 1.54) is 6.42 Å². The van der Waals surface area contributed by atoms with Crippen LogP contribution in [0.15, 0.2) is 24.3 Å². The summed E-state index contributed by atoms with van der Waals surface area (Å²) in [5.74, 6) is 0.594. The summed E-state index contributed by atoms with van der Waals surface area (Å²) in [4.78, 5) is 16.7. The van der Waals surface area contributed by atoms with Crippen molar-refractivity contribution in [2.75, 3.05) is 18.0 Å². The van der Waals surface area contributed by atoms with Crippen molar-refractivity contribution in [1.29, 1.82) is 0 Å². The Kier molecular flexibility index (Phi) is 5.23. The first-order valence-electron chi connectivity index (χ1n) is 7.90. The van der Waals surface area contributed by atoms with E-state index in [9.17, 15) is 4.79 Å². The van der Waals surface area contributed by atoms with Crippen LogP contribution in [0.2, 0.25) is 0 Å². The Balaban J connectivity index is 2.19. The molecular weight excluding hydrogens is 262 g/mol. The van der Waals surface area contributed by atoms with Gasteiger partial charge < -0.3 is 10.6 Å². The van der Waals surface area contributed by atoms with Crippen molar-refractivity contribution in [3.63, 3.8) is 0 Å². The minimum absolute atomic E-state index is 0.122. The lowest BCUT2D eigenvalue weighted by molar-refractivity contribution is 0.174. The van der Waals surface area contributed by atoms with E-state index >= 15 is 0 Å². The van der Waals surface area contributed by atoms with Crippen LogP contribution in [-0.4, -0.2) is 30.1 Å². The second-order valence-electron chi connectivity index (χ2n) is 6.31. The normalized spacial score (nSPS) is 18.9. The van der Waals surface area contributed by atoms with E-state index in [0.717, 1.165) is 30.8 Å². The van der Waals surface area contributed by atoms with E-state index in [-0.39, 0.29) is 12.1 Å². The Morgan fingerprint density at radius 1 is 1.38 bits per heavy atom. The van der Waals surface area contributed by atoms with Gasteiger partial charge in [0.2, 0.25) is 0 Å². The third-order valence-corrected chi connectivity index (χ3v) is 4.10. The lowest BCUT2D eigenvalue weighted by Crippen LogP contribution is -2.49. The summed E-state index contributed by atoms with van der Waals surface area (Å²) in [6.45, 7) is 8.59. The molecule has 1 unspecified atom stereocenters. The Morgan fingerprint density at radius 3 is 2.57 bits per heavy atom. The van der Waals surface area contributed by atoms with Crippen molar-refractivity contribution >= 4 is 11.7 Å². The van der Waals surface area contributed by atoms with Crippen molar-refractivity contribution in [3.8, 4) is 0 Å². The number of likely N-dealkylation sites (tertiary alicyclic amines) is 1. The molecule has 1 heterocycles. The molecule has 0 bridgehead atoms. The second-order valence-corrected chi connectivity index (χ2v) is 6.31. The number of carbonyl (C=O) groups is 1. The van der Waals surface area contributed by atoms with E-state index in [1.54, 1.807) is 0 Å². The third kappa shape index (κ3) is 3.76. The summed E-state index contributed by atoms with van der Waals surface area (Å²) in [5, 5.41) is 0. The SMILES string of the molecule is CC1CCCN(C(=O)N(c2ccc(CN)cc2)C(C)C)C1. The number of amides is 2. The summed E-state index contributed by atoms with van der Waals surface area (Å²) in [6.07, 6.45) is 2.32. The number of nitrogens with two attached hydrogens (primary N) is 1. The molecule has 0 radical (unpaired) electrons. The number of rotatable bonds is 3. The molecule has 0 spiro atoms. The minimum Gasteiger partial charge on any atom is -0.326 e. The number of hydrogen-bond acceptors (Lipinski definition) is 2. The zero-order valence-corrected chi connectivity index (χ0v) is 13.4. The van der Waals surface area contributed by atoms with Gasteiger partial charge in [0.1, 0.15) is 0 Å². The summed E-state index contributed by atoms with van der Waals surface area (Å²) >= 11 is 0. The van der Waals surface area contributed by atoms with Crippen LogP contribution in [0.4, 0.5) is 10.5 Å². The van der Waals surface area contributed by atoms with Crippen molar-refractivity contribution in [2.45, 2.75) is 46.2 Å². The van der Waals surface area contributed by atoms with Gasteiger partial charge in [-0.2, -0.15) is 0 Å². The number of piperidine rings is 1. The number of nitrogens with zero attached hydrogens (tertiary/aromatic N) is 2. The molecule has 0 saturated carbocycles. The van der Waals surface area contributed by atoms with E-state index in [0.29, 0.717) is 12.5 Å². The molecule has 1 aromatic carbocycles. The fraction of sp³-hybridized carbons (Fsp3) is 0.588. The molecule has 2 N–H and O–H groups in total. The fourth-order valence-electron chi connectivity index (χ4n) is 2.94. The molecule has 2 amide bonds.